The molecule has 3 aromatic rings. The Balaban J connectivity index is 1.84. The summed E-state index contributed by atoms with van der Waals surface area (Å²) in [5.41, 5.74) is 1.19. The van der Waals surface area contributed by atoms with Crippen LogP contribution in [0.5, 0.6) is 11.5 Å². The molecule has 27 heavy (non-hydrogen) atoms. The van der Waals surface area contributed by atoms with Gasteiger partial charge in [-0.25, -0.2) is 4.68 Å². The van der Waals surface area contributed by atoms with Crippen molar-refractivity contribution in [3.05, 3.63) is 69.8 Å². The number of hydrogen-bond acceptors (Lipinski definition) is 4. The van der Waals surface area contributed by atoms with Crippen molar-refractivity contribution in [3.8, 4) is 11.5 Å². The summed E-state index contributed by atoms with van der Waals surface area (Å²) >= 11 is 12.0. The number of anilines is 1. The molecular weight excluding hydrogens is 389 g/mol. The summed E-state index contributed by atoms with van der Waals surface area (Å²) in [6.45, 7) is 0.386. The van der Waals surface area contributed by atoms with Crippen molar-refractivity contribution in [3.63, 3.8) is 0 Å². The lowest BCUT2D eigenvalue weighted by Crippen LogP contribution is -2.16. The van der Waals surface area contributed by atoms with E-state index in [0.29, 0.717) is 34.4 Å². The number of methoxy groups -OCH3 is 2. The number of para-hydroxylation sites is 1. The standard InChI is InChI=1S/C19H17Cl2N3O3/c1-26-16-5-3-4-12(18(16)27-2)11-24-17(8-9-22-24)23-19(25)14-7-6-13(20)10-15(14)21/h3-10H,11H2,1-2H3,(H,23,25). The minimum absolute atomic E-state index is 0.278. The highest BCUT2D eigenvalue weighted by atomic mass is 35.5. The topological polar surface area (TPSA) is 65.4 Å². The summed E-state index contributed by atoms with van der Waals surface area (Å²) in [5, 5.41) is 7.84. The first-order valence-corrected chi connectivity index (χ1v) is 8.77. The van der Waals surface area contributed by atoms with Gasteiger partial charge in [0, 0.05) is 16.7 Å². The van der Waals surface area contributed by atoms with Gasteiger partial charge in [-0.3, -0.25) is 4.79 Å². The van der Waals surface area contributed by atoms with Gasteiger partial charge in [0.05, 0.1) is 37.5 Å². The fraction of sp³-hybridized carbons (Fsp3) is 0.158. The van der Waals surface area contributed by atoms with Crippen LogP contribution in [0, 0.1) is 0 Å². The molecular formula is C19H17Cl2N3O3. The molecule has 0 aliphatic rings. The zero-order chi connectivity index (χ0) is 19.4. The van der Waals surface area contributed by atoms with Gasteiger partial charge in [0.25, 0.3) is 5.91 Å². The number of benzene rings is 2. The van der Waals surface area contributed by atoms with Crippen molar-refractivity contribution in [1.29, 1.82) is 0 Å². The van der Waals surface area contributed by atoms with Crippen molar-refractivity contribution < 1.29 is 14.3 Å². The molecule has 3 rings (SSSR count). The normalized spacial score (nSPS) is 10.5. The molecule has 0 unspecified atom stereocenters. The van der Waals surface area contributed by atoms with E-state index in [2.05, 4.69) is 10.4 Å². The lowest BCUT2D eigenvalue weighted by atomic mass is 10.2. The maximum Gasteiger partial charge on any atom is 0.258 e. The minimum Gasteiger partial charge on any atom is -0.493 e. The Kier molecular flexibility index (Phi) is 5.88. The van der Waals surface area contributed by atoms with E-state index >= 15 is 0 Å². The second-order valence-electron chi connectivity index (χ2n) is 5.61. The van der Waals surface area contributed by atoms with Gasteiger partial charge in [0.2, 0.25) is 0 Å². The molecule has 1 aromatic heterocycles. The van der Waals surface area contributed by atoms with Crippen molar-refractivity contribution >= 4 is 34.9 Å². The summed E-state index contributed by atoms with van der Waals surface area (Å²) < 4.78 is 12.4. The van der Waals surface area contributed by atoms with E-state index in [1.165, 1.54) is 6.07 Å². The number of nitrogens with zero attached hydrogens (tertiary/aromatic N) is 2. The smallest absolute Gasteiger partial charge is 0.258 e. The zero-order valence-corrected chi connectivity index (χ0v) is 16.2. The Labute approximate surface area is 166 Å². The molecule has 0 aliphatic carbocycles. The van der Waals surface area contributed by atoms with Crippen molar-refractivity contribution in [2.75, 3.05) is 19.5 Å². The predicted octanol–water partition coefficient (Wildman–Crippen LogP) is 4.51. The number of carbonyl (C=O) groups is 1. The minimum atomic E-state index is -0.351. The van der Waals surface area contributed by atoms with E-state index in [0.717, 1.165) is 5.56 Å². The molecule has 0 fully saturated rings. The third-order valence-corrected chi connectivity index (χ3v) is 4.49. The van der Waals surface area contributed by atoms with E-state index in [1.807, 2.05) is 18.2 Å². The maximum atomic E-state index is 12.5. The monoisotopic (exact) mass is 405 g/mol. The Bertz CT molecular complexity index is 973. The average Bonchev–Trinajstić information content (AvgIpc) is 3.07. The fourth-order valence-corrected chi connectivity index (χ4v) is 3.16. The number of rotatable bonds is 6. The van der Waals surface area contributed by atoms with Gasteiger partial charge >= 0.3 is 0 Å². The third-order valence-electron chi connectivity index (χ3n) is 3.94. The third kappa shape index (κ3) is 4.18. The summed E-state index contributed by atoms with van der Waals surface area (Å²) in [6, 6.07) is 12.0. The predicted molar refractivity (Wildman–Crippen MR) is 105 cm³/mol. The maximum absolute atomic E-state index is 12.5. The molecule has 0 saturated heterocycles. The second kappa shape index (κ2) is 8.33. The summed E-state index contributed by atoms with van der Waals surface area (Å²) in [4.78, 5) is 12.5. The Hall–Kier alpha value is -2.70. The summed E-state index contributed by atoms with van der Waals surface area (Å²) in [6.07, 6.45) is 1.60. The molecule has 0 radical (unpaired) electrons. The number of carbonyl (C=O) groups excluding carboxylic acids is 1. The van der Waals surface area contributed by atoms with Gasteiger partial charge in [-0.05, 0) is 24.3 Å². The van der Waals surface area contributed by atoms with Crippen molar-refractivity contribution in [2.24, 2.45) is 0 Å². The largest absolute Gasteiger partial charge is 0.493 e. The molecule has 0 saturated carbocycles. The SMILES string of the molecule is COc1cccc(Cn2nccc2NC(=O)c2ccc(Cl)cc2Cl)c1OC. The molecule has 0 spiro atoms. The van der Waals surface area contributed by atoms with Gasteiger partial charge in [-0.1, -0.05) is 35.3 Å². The first-order valence-electron chi connectivity index (χ1n) is 8.01. The van der Waals surface area contributed by atoms with Gasteiger partial charge < -0.3 is 14.8 Å². The molecule has 1 N–H and O–H groups in total. The van der Waals surface area contributed by atoms with E-state index in [1.54, 1.807) is 43.3 Å². The van der Waals surface area contributed by atoms with Gasteiger partial charge in [0.15, 0.2) is 11.5 Å². The number of amides is 1. The molecule has 1 amide bonds. The number of nitrogens with one attached hydrogen (secondary N) is 1. The van der Waals surface area contributed by atoms with Crippen molar-refractivity contribution in [1.82, 2.24) is 9.78 Å². The highest BCUT2D eigenvalue weighted by Crippen LogP contribution is 2.31. The van der Waals surface area contributed by atoms with E-state index < -0.39 is 0 Å². The van der Waals surface area contributed by atoms with Crippen LogP contribution in [0.3, 0.4) is 0 Å². The molecule has 8 heteroatoms. The first kappa shape index (κ1) is 19.1. The van der Waals surface area contributed by atoms with Crippen LogP contribution in [0.4, 0.5) is 5.82 Å². The molecule has 0 aliphatic heterocycles. The molecule has 0 bridgehead atoms. The second-order valence-corrected chi connectivity index (χ2v) is 6.45. The summed E-state index contributed by atoms with van der Waals surface area (Å²) in [5.74, 6) is 1.42. The highest BCUT2D eigenvalue weighted by Gasteiger charge is 2.15. The van der Waals surface area contributed by atoms with Crippen LogP contribution in [0.25, 0.3) is 0 Å². The van der Waals surface area contributed by atoms with E-state index in [9.17, 15) is 4.79 Å². The molecule has 6 nitrogen and oxygen atoms in total. The number of ether oxygens (including phenoxy) is 2. The fourth-order valence-electron chi connectivity index (χ4n) is 2.66. The van der Waals surface area contributed by atoms with Crippen LogP contribution in [-0.4, -0.2) is 29.9 Å². The van der Waals surface area contributed by atoms with Gasteiger partial charge in [0.1, 0.15) is 5.82 Å². The molecule has 140 valence electrons. The Morgan fingerprint density at radius 2 is 1.96 bits per heavy atom. The zero-order valence-electron chi connectivity index (χ0n) is 14.7. The van der Waals surface area contributed by atoms with Crippen LogP contribution in [-0.2, 0) is 6.54 Å². The van der Waals surface area contributed by atoms with E-state index in [-0.39, 0.29) is 10.9 Å². The molecule has 0 atom stereocenters. The van der Waals surface area contributed by atoms with Crippen LogP contribution in [0.1, 0.15) is 15.9 Å². The number of aromatic nitrogens is 2. The van der Waals surface area contributed by atoms with Gasteiger partial charge in [-0.15, -0.1) is 0 Å². The number of hydrogen-bond donors (Lipinski definition) is 1. The first-order chi connectivity index (χ1) is 13.0. The van der Waals surface area contributed by atoms with Gasteiger partial charge in [-0.2, -0.15) is 5.10 Å². The van der Waals surface area contributed by atoms with Crippen LogP contribution < -0.4 is 14.8 Å². The van der Waals surface area contributed by atoms with Crippen LogP contribution in [0.2, 0.25) is 10.0 Å². The highest BCUT2D eigenvalue weighted by molar-refractivity contribution is 6.37. The number of halogens is 2. The quantitative estimate of drug-likeness (QED) is 0.655. The average molecular weight is 406 g/mol. The Morgan fingerprint density at radius 1 is 1.15 bits per heavy atom. The van der Waals surface area contributed by atoms with Crippen LogP contribution in [0.15, 0.2) is 48.7 Å². The Morgan fingerprint density at radius 3 is 2.67 bits per heavy atom. The van der Waals surface area contributed by atoms with Crippen LogP contribution >= 0.6 is 23.2 Å². The van der Waals surface area contributed by atoms with E-state index in [4.69, 9.17) is 32.7 Å². The summed E-state index contributed by atoms with van der Waals surface area (Å²) in [7, 11) is 3.16. The van der Waals surface area contributed by atoms with Crippen molar-refractivity contribution in [2.45, 2.75) is 6.54 Å². The molecule has 2 aromatic carbocycles. The molecule has 1 heterocycles. The lowest BCUT2D eigenvalue weighted by Gasteiger charge is -2.14. The lowest BCUT2D eigenvalue weighted by molar-refractivity contribution is 0.102.